The van der Waals surface area contributed by atoms with Crippen molar-refractivity contribution in [3.8, 4) is 5.88 Å². The Balaban J connectivity index is 1.64. The smallest absolute Gasteiger partial charge is 0.270 e. The highest BCUT2D eigenvalue weighted by atomic mass is 32.1. The van der Waals surface area contributed by atoms with E-state index in [-0.39, 0.29) is 11.8 Å². The van der Waals surface area contributed by atoms with E-state index in [1.54, 1.807) is 18.3 Å². The zero-order valence-corrected chi connectivity index (χ0v) is 16.0. The molecule has 0 fully saturated rings. The standard InChI is InChI=1S/C20H15N3O2S2/c1-12-6-8-13(9-7-12)18(24)22-23-19(25)17(27-20(23)26)10-14-11-21-16-5-3-2-4-15(14)16/h2-11,25H,1H3,(H,22,24). The number of thiazole rings is 1. The van der Waals surface area contributed by atoms with E-state index < -0.39 is 0 Å². The molecule has 1 aromatic heterocycles. The zero-order valence-electron chi connectivity index (χ0n) is 14.3. The molecule has 4 rings (SSSR count). The van der Waals surface area contributed by atoms with Crippen LogP contribution in [-0.4, -0.2) is 21.9 Å². The van der Waals surface area contributed by atoms with Crippen LogP contribution in [0.4, 0.5) is 5.69 Å². The van der Waals surface area contributed by atoms with Crippen LogP contribution in [-0.2, 0) is 0 Å². The van der Waals surface area contributed by atoms with Crippen LogP contribution in [0.1, 0.15) is 26.4 Å². The molecule has 27 heavy (non-hydrogen) atoms. The van der Waals surface area contributed by atoms with Crippen molar-refractivity contribution >= 4 is 53.0 Å². The Labute approximate surface area is 164 Å². The number of para-hydroxylation sites is 1. The van der Waals surface area contributed by atoms with Crippen LogP contribution in [0.5, 0.6) is 5.88 Å². The van der Waals surface area contributed by atoms with E-state index in [9.17, 15) is 9.90 Å². The van der Waals surface area contributed by atoms with Gasteiger partial charge >= 0.3 is 0 Å². The minimum absolute atomic E-state index is 0.101. The predicted octanol–water partition coefficient (Wildman–Crippen LogP) is 4.93. The second-order valence-electron chi connectivity index (χ2n) is 6.07. The maximum atomic E-state index is 12.4. The molecule has 0 bridgehead atoms. The van der Waals surface area contributed by atoms with Crippen LogP contribution in [0.2, 0.25) is 0 Å². The van der Waals surface area contributed by atoms with Gasteiger partial charge in [0.15, 0.2) is 3.95 Å². The molecule has 1 amide bonds. The summed E-state index contributed by atoms with van der Waals surface area (Å²) < 4.78 is 1.58. The number of carbonyl (C=O) groups excluding carboxylic acids is 1. The Morgan fingerprint density at radius 3 is 2.74 bits per heavy atom. The van der Waals surface area contributed by atoms with Gasteiger partial charge in [-0.15, -0.1) is 0 Å². The molecule has 1 aliphatic heterocycles. The summed E-state index contributed by atoms with van der Waals surface area (Å²) >= 11 is 6.53. The number of benzene rings is 2. The Morgan fingerprint density at radius 2 is 1.96 bits per heavy atom. The van der Waals surface area contributed by atoms with Gasteiger partial charge in [0.1, 0.15) is 0 Å². The van der Waals surface area contributed by atoms with Gasteiger partial charge in [-0.2, -0.15) is 4.68 Å². The van der Waals surface area contributed by atoms with Gasteiger partial charge in [0.05, 0.1) is 10.6 Å². The minimum Gasteiger partial charge on any atom is -0.492 e. The van der Waals surface area contributed by atoms with Crippen LogP contribution >= 0.6 is 23.6 Å². The first-order valence-corrected chi connectivity index (χ1v) is 9.43. The number of allylic oxidation sites excluding steroid dienone is 1. The lowest BCUT2D eigenvalue weighted by atomic mass is 10.1. The molecule has 2 heterocycles. The largest absolute Gasteiger partial charge is 0.492 e. The number of amides is 1. The molecular weight excluding hydrogens is 378 g/mol. The molecule has 0 spiro atoms. The number of carbonyl (C=O) groups is 1. The monoisotopic (exact) mass is 393 g/mol. The van der Waals surface area contributed by atoms with Crippen LogP contribution < -0.4 is 5.43 Å². The molecule has 0 unspecified atom stereocenters. The third-order valence-corrected chi connectivity index (χ3v) is 5.49. The Hall–Kier alpha value is -3.03. The second kappa shape index (κ2) is 6.94. The Morgan fingerprint density at radius 1 is 1.22 bits per heavy atom. The molecule has 0 saturated heterocycles. The topological polar surface area (TPSA) is 66.6 Å². The van der Waals surface area contributed by atoms with Crippen LogP contribution in [0.25, 0.3) is 11.6 Å². The van der Waals surface area contributed by atoms with Crippen molar-refractivity contribution in [2.24, 2.45) is 4.99 Å². The van der Waals surface area contributed by atoms with Crippen molar-refractivity contribution in [3.63, 3.8) is 0 Å². The van der Waals surface area contributed by atoms with E-state index in [4.69, 9.17) is 12.2 Å². The number of fused-ring (bicyclic) bond motifs is 1. The second-order valence-corrected chi connectivity index (χ2v) is 7.75. The zero-order chi connectivity index (χ0) is 19.0. The summed E-state index contributed by atoms with van der Waals surface area (Å²) in [5, 5.41) is 10.6. The van der Waals surface area contributed by atoms with Gasteiger partial charge in [-0.05, 0) is 43.4 Å². The predicted molar refractivity (Wildman–Crippen MR) is 112 cm³/mol. The average Bonchev–Trinajstić information content (AvgIpc) is 3.19. The van der Waals surface area contributed by atoms with E-state index in [1.165, 1.54) is 16.0 Å². The number of rotatable bonds is 3. The van der Waals surface area contributed by atoms with Gasteiger partial charge in [-0.25, -0.2) is 0 Å². The summed E-state index contributed by atoms with van der Waals surface area (Å²) in [6.07, 6.45) is 3.57. The highest BCUT2D eigenvalue weighted by Gasteiger charge is 2.17. The van der Waals surface area contributed by atoms with E-state index in [0.717, 1.165) is 22.4 Å². The lowest BCUT2D eigenvalue weighted by molar-refractivity contribution is 0.101. The maximum absolute atomic E-state index is 12.4. The molecule has 3 aromatic rings. The molecular formula is C20H15N3O2S2. The van der Waals surface area contributed by atoms with Gasteiger partial charge in [-0.3, -0.25) is 15.2 Å². The molecule has 5 nitrogen and oxygen atoms in total. The molecule has 2 N–H and O–H groups in total. The van der Waals surface area contributed by atoms with Gasteiger partial charge in [0, 0.05) is 22.9 Å². The molecule has 2 aromatic carbocycles. The first kappa shape index (κ1) is 17.4. The molecule has 0 radical (unpaired) electrons. The lowest BCUT2D eigenvalue weighted by Gasteiger charge is -2.07. The normalized spacial score (nSPS) is 13.7. The molecule has 0 saturated carbocycles. The first-order chi connectivity index (χ1) is 13.0. The van der Waals surface area contributed by atoms with Crippen molar-refractivity contribution < 1.29 is 9.90 Å². The Bertz CT molecular complexity index is 1150. The van der Waals surface area contributed by atoms with Gasteiger partial charge in [0.2, 0.25) is 5.88 Å². The number of nitrogens with one attached hydrogen (secondary N) is 1. The SMILES string of the molecule is Cc1ccc(C(=O)Nn2c(O)c(C=C3C=Nc4ccccc43)sc2=S)cc1. The fourth-order valence-electron chi connectivity index (χ4n) is 2.74. The number of aryl methyl sites for hydroxylation is 1. The van der Waals surface area contributed by atoms with E-state index in [2.05, 4.69) is 10.4 Å². The summed E-state index contributed by atoms with van der Waals surface area (Å²) in [6.45, 7) is 1.95. The van der Waals surface area contributed by atoms with Crippen molar-refractivity contribution in [2.75, 3.05) is 5.43 Å². The highest BCUT2D eigenvalue weighted by molar-refractivity contribution is 7.73. The molecule has 7 heteroatoms. The third-order valence-electron chi connectivity index (χ3n) is 4.18. The molecule has 134 valence electrons. The Kier molecular flexibility index (Phi) is 4.47. The summed E-state index contributed by atoms with van der Waals surface area (Å²) in [7, 11) is 0. The van der Waals surface area contributed by atoms with Gasteiger partial charge < -0.3 is 5.11 Å². The molecule has 1 aliphatic rings. The number of aromatic hydroxyl groups is 1. The van der Waals surface area contributed by atoms with Crippen molar-refractivity contribution in [1.82, 2.24) is 4.68 Å². The number of hydrogen-bond acceptors (Lipinski definition) is 5. The molecule has 0 aliphatic carbocycles. The number of aliphatic imine (C=N–C) groups is 1. The average molecular weight is 393 g/mol. The maximum Gasteiger partial charge on any atom is 0.270 e. The first-order valence-electron chi connectivity index (χ1n) is 8.21. The lowest BCUT2D eigenvalue weighted by Crippen LogP contribution is -2.22. The van der Waals surface area contributed by atoms with Crippen LogP contribution in [0.15, 0.2) is 53.5 Å². The summed E-state index contributed by atoms with van der Waals surface area (Å²) in [5.74, 6) is -0.443. The van der Waals surface area contributed by atoms with Gasteiger partial charge in [0.25, 0.3) is 5.91 Å². The van der Waals surface area contributed by atoms with E-state index in [0.29, 0.717) is 14.4 Å². The fraction of sp³-hybridized carbons (Fsp3) is 0.0500. The highest BCUT2D eigenvalue weighted by Crippen LogP contribution is 2.35. The quantitative estimate of drug-likeness (QED) is 0.620. The summed E-state index contributed by atoms with van der Waals surface area (Å²) in [4.78, 5) is 17.3. The fourth-order valence-corrected chi connectivity index (χ4v) is 3.92. The van der Waals surface area contributed by atoms with E-state index in [1.807, 2.05) is 49.4 Å². The van der Waals surface area contributed by atoms with Crippen LogP contribution in [0, 0.1) is 10.9 Å². The molecule has 0 atom stereocenters. The van der Waals surface area contributed by atoms with Crippen LogP contribution in [0.3, 0.4) is 0 Å². The number of hydrogen-bond donors (Lipinski definition) is 2. The minimum atomic E-state index is -0.342. The third kappa shape index (κ3) is 3.34. The van der Waals surface area contributed by atoms with Crippen molar-refractivity contribution in [2.45, 2.75) is 6.92 Å². The number of nitrogens with zero attached hydrogens (tertiary/aromatic N) is 2. The van der Waals surface area contributed by atoms with Gasteiger partial charge in [-0.1, -0.05) is 47.2 Å². The number of aromatic nitrogens is 1. The summed E-state index contributed by atoms with van der Waals surface area (Å²) in [6, 6.07) is 14.9. The van der Waals surface area contributed by atoms with Crippen molar-refractivity contribution in [3.05, 3.63) is 74.1 Å². The summed E-state index contributed by atoms with van der Waals surface area (Å²) in [5.41, 5.74) is 6.97. The van der Waals surface area contributed by atoms with Crippen molar-refractivity contribution in [1.29, 1.82) is 0 Å². The van der Waals surface area contributed by atoms with E-state index >= 15 is 0 Å².